The van der Waals surface area contributed by atoms with E-state index in [4.69, 9.17) is 10.00 Å². The van der Waals surface area contributed by atoms with Crippen molar-refractivity contribution in [1.29, 1.82) is 5.26 Å². The average Bonchev–Trinajstić information content (AvgIpc) is 3.03. The lowest BCUT2D eigenvalue weighted by Gasteiger charge is -2.24. The number of carbonyl (C=O) groups excluding carboxylic acids is 1. The maximum Gasteiger partial charge on any atom is 0.285 e. The monoisotopic (exact) mass is 426 g/mol. The molecule has 0 aromatic heterocycles. The molecular formula is C21H22N4O4S. The van der Waals surface area contributed by atoms with Gasteiger partial charge < -0.3 is 4.74 Å². The van der Waals surface area contributed by atoms with E-state index < -0.39 is 15.9 Å². The number of sulfonamides is 1. The number of hydrogen-bond donors (Lipinski definition) is 1. The molecule has 0 saturated carbocycles. The van der Waals surface area contributed by atoms with E-state index in [0.717, 1.165) is 12.8 Å². The quantitative estimate of drug-likeness (QED) is 0.538. The van der Waals surface area contributed by atoms with Crippen LogP contribution >= 0.6 is 0 Å². The van der Waals surface area contributed by atoms with Crippen molar-refractivity contribution in [3.63, 3.8) is 0 Å². The number of ether oxygens (including phenoxy) is 1. The van der Waals surface area contributed by atoms with Gasteiger partial charge in [0.05, 0.1) is 25.6 Å². The van der Waals surface area contributed by atoms with Crippen LogP contribution in [0.1, 0.15) is 42.1 Å². The first-order valence-corrected chi connectivity index (χ1v) is 11.0. The molecule has 1 aliphatic rings. The highest BCUT2D eigenvalue weighted by atomic mass is 32.2. The molecule has 0 spiro atoms. The summed E-state index contributed by atoms with van der Waals surface area (Å²) in [5.41, 5.74) is 3.42. The summed E-state index contributed by atoms with van der Waals surface area (Å²) in [6.45, 7) is 2.77. The van der Waals surface area contributed by atoms with Gasteiger partial charge >= 0.3 is 0 Å². The molecule has 0 atom stereocenters. The summed E-state index contributed by atoms with van der Waals surface area (Å²) in [4.78, 5) is 12.8. The van der Waals surface area contributed by atoms with E-state index in [1.807, 2.05) is 6.07 Å². The van der Waals surface area contributed by atoms with Gasteiger partial charge in [-0.2, -0.15) is 13.7 Å². The first-order valence-electron chi connectivity index (χ1n) is 9.59. The number of benzene rings is 2. The van der Waals surface area contributed by atoms with Crippen LogP contribution in [0.15, 0.2) is 57.8 Å². The van der Waals surface area contributed by atoms with Crippen LogP contribution in [0.25, 0.3) is 0 Å². The number of nitriles is 1. The zero-order chi connectivity index (χ0) is 21.6. The Labute approximate surface area is 175 Å². The van der Waals surface area contributed by atoms with Gasteiger partial charge in [-0.25, -0.2) is 0 Å². The molecular weight excluding hydrogens is 404 g/mol. The lowest BCUT2D eigenvalue weighted by atomic mass is 10.2. The minimum atomic E-state index is -3.85. The number of amides is 1. The molecule has 1 N–H and O–H groups in total. The van der Waals surface area contributed by atoms with Crippen LogP contribution in [0.4, 0.5) is 0 Å². The third-order valence-corrected chi connectivity index (χ3v) is 5.76. The van der Waals surface area contributed by atoms with Gasteiger partial charge in [0.15, 0.2) is 5.84 Å². The summed E-state index contributed by atoms with van der Waals surface area (Å²) in [6, 6.07) is 15.0. The zero-order valence-electron chi connectivity index (χ0n) is 16.5. The topological polar surface area (TPSA) is 112 Å². The van der Waals surface area contributed by atoms with Gasteiger partial charge in [-0.3, -0.25) is 15.2 Å². The van der Waals surface area contributed by atoms with Crippen molar-refractivity contribution in [2.45, 2.75) is 31.1 Å². The van der Waals surface area contributed by atoms with Gasteiger partial charge in [-0.15, -0.1) is 4.40 Å². The number of carbonyl (C=O) groups is 1. The molecule has 2 aromatic rings. The molecule has 9 heteroatoms. The Hall–Kier alpha value is -3.38. The van der Waals surface area contributed by atoms with Crippen LogP contribution in [-0.2, 0) is 10.0 Å². The third-order valence-electron chi connectivity index (χ3n) is 4.44. The summed E-state index contributed by atoms with van der Waals surface area (Å²) in [5, 5.41) is 10.3. The van der Waals surface area contributed by atoms with E-state index in [2.05, 4.69) is 16.7 Å². The highest BCUT2D eigenvalue weighted by molar-refractivity contribution is 7.90. The van der Waals surface area contributed by atoms with E-state index in [1.165, 1.54) is 11.1 Å². The Balaban J connectivity index is 1.79. The van der Waals surface area contributed by atoms with Crippen molar-refractivity contribution in [2.75, 3.05) is 13.2 Å². The third kappa shape index (κ3) is 4.78. The predicted octanol–water partition coefficient (Wildman–Crippen LogP) is 2.88. The van der Waals surface area contributed by atoms with E-state index in [9.17, 15) is 13.2 Å². The van der Waals surface area contributed by atoms with Crippen molar-refractivity contribution in [3.05, 3.63) is 59.7 Å². The first-order chi connectivity index (χ1) is 14.5. The second-order valence-corrected chi connectivity index (χ2v) is 8.19. The van der Waals surface area contributed by atoms with E-state index in [0.29, 0.717) is 23.5 Å². The molecule has 1 aliphatic heterocycles. The number of nitrogens with zero attached hydrogens (tertiary/aromatic N) is 3. The molecule has 0 fully saturated rings. The van der Waals surface area contributed by atoms with E-state index in [-0.39, 0.29) is 23.7 Å². The Bertz CT molecular complexity index is 1090. The maximum atomic E-state index is 12.7. The van der Waals surface area contributed by atoms with E-state index in [1.54, 1.807) is 42.5 Å². The van der Waals surface area contributed by atoms with Crippen LogP contribution in [-0.4, -0.2) is 38.3 Å². The molecule has 0 aliphatic carbocycles. The fourth-order valence-electron chi connectivity index (χ4n) is 2.88. The predicted molar refractivity (Wildman–Crippen MR) is 111 cm³/mol. The molecule has 3 rings (SSSR count). The van der Waals surface area contributed by atoms with Crippen LogP contribution < -0.4 is 10.2 Å². The fraction of sp³-hybridized carbons (Fsp3) is 0.286. The minimum absolute atomic E-state index is 0.0739. The average molecular weight is 426 g/mol. The molecule has 0 unspecified atom stereocenters. The highest BCUT2D eigenvalue weighted by Gasteiger charge is 2.32. The lowest BCUT2D eigenvalue weighted by molar-refractivity contribution is 0.0872. The summed E-state index contributed by atoms with van der Waals surface area (Å²) in [5.74, 6) is 0.313. The number of amidine groups is 1. The largest absolute Gasteiger partial charge is 0.494 e. The molecule has 0 saturated heterocycles. The smallest absolute Gasteiger partial charge is 0.285 e. The number of fused-ring (bicyclic) bond motifs is 1. The first kappa shape index (κ1) is 21.3. The van der Waals surface area contributed by atoms with Crippen LogP contribution in [0.2, 0.25) is 0 Å². The van der Waals surface area contributed by atoms with Gasteiger partial charge in [0.1, 0.15) is 10.6 Å². The van der Waals surface area contributed by atoms with Gasteiger partial charge in [-0.05, 0) is 42.8 Å². The maximum absolute atomic E-state index is 12.7. The Morgan fingerprint density at radius 3 is 2.63 bits per heavy atom. The number of rotatable bonds is 7. The summed E-state index contributed by atoms with van der Waals surface area (Å²) in [7, 11) is -3.85. The number of unbranched alkanes of at least 4 members (excludes halogenated alkanes) is 1. The van der Waals surface area contributed by atoms with Gasteiger partial charge in [0, 0.05) is 11.1 Å². The fourth-order valence-corrected chi connectivity index (χ4v) is 4.09. The van der Waals surface area contributed by atoms with Crippen LogP contribution in [0.5, 0.6) is 5.75 Å². The zero-order valence-corrected chi connectivity index (χ0v) is 17.4. The van der Waals surface area contributed by atoms with Crippen molar-refractivity contribution in [3.8, 4) is 11.8 Å². The van der Waals surface area contributed by atoms with Crippen LogP contribution in [0, 0.1) is 11.3 Å². The highest BCUT2D eigenvalue weighted by Crippen LogP contribution is 2.27. The van der Waals surface area contributed by atoms with Gasteiger partial charge in [0.25, 0.3) is 15.9 Å². The molecule has 30 heavy (non-hydrogen) atoms. The Kier molecular flexibility index (Phi) is 6.69. The van der Waals surface area contributed by atoms with E-state index >= 15 is 0 Å². The SMILES string of the molecule is CCCCOc1ccc(C(=O)NN(CCC#N)C2=NS(=O)(=O)c3ccccc32)cc1. The second kappa shape index (κ2) is 9.41. The molecule has 8 nitrogen and oxygen atoms in total. The number of nitrogens with one attached hydrogen (secondary N) is 1. The molecule has 1 heterocycles. The molecule has 2 aromatic carbocycles. The molecule has 0 radical (unpaired) electrons. The Morgan fingerprint density at radius 1 is 1.20 bits per heavy atom. The second-order valence-electron chi connectivity index (χ2n) is 6.61. The van der Waals surface area contributed by atoms with Crippen molar-refractivity contribution in [1.82, 2.24) is 10.4 Å². The molecule has 0 bridgehead atoms. The van der Waals surface area contributed by atoms with Gasteiger partial charge in [-0.1, -0.05) is 25.5 Å². The standard InChI is InChI=1S/C21H22N4O4S/c1-2-3-15-29-17-11-9-16(10-12-17)21(26)23-25(14-6-13-22)20-18-7-4-5-8-19(18)30(27,28)24-20/h4-5,7-12H,2-3,6,14-15H2,1H3,(H,23,26). The summed E-state index contributed by atoms with van der Waals surface area (Å²) >= 11 is 0. The molecule has 1 amide bonds. The number of hydrogen-bond acceptors (Lipinski definition) is 6. The van der Waals surface area contributed by atoms with Crippen molar-refractivity contribution in [2.24, 2.45) is 4.40 Å². The summed E-state index contributed by atoms with van der Waals surface area (Å²) in [6.07, 6.45) is 2.05. The lowest BCUT2D eigenvalue weighted by Crippen LogP contribution is -2.46. The normalized spacial score (nSPS) is 13.7. The van der Waals surface area contributed by atoms with Crippen LogP contribution in [0.3, 0.4) is 0 Å². The van der Waals surface area contributed by atoms with Gasteiger partial charge in [0.2, 0.25) is 0 Å². The summed E-state index contributed by atoms with van der Waals surface area (Å²) < 4.78 is 34.1. The molecule has 156 valence electrons. The van der Waals surface area contributed by atoms with Crippen molar-refractivity contribution < 1.29 is 17.9 Å². The minimum Gasteiger partial charge on any atom is -0.494 e. The van der Waals surface area contributed by atoms with Crippen molar-refractivity contribution >= 4 is 21.8 Å². The number of hydrazine groups is 1. The Morgan fingerprint density at radius 2 is 1.93 bits per heavy atom.